The number of carbonyl (C=O) groups is 2. The van der Waals surface area contributed by atoms with Crippen LogP contribution in [0.2, 0.25) is 5.02 Å². The first kappa shape index (κ1) is 17.1. The fourth-order valence-corrected chi connectivity index (χ4v) is 2.53. The Morgan fingerprint density at radius 1 is 1.08 bits per heavy atom. The van der Waals surface area contributed by atoms with E-state index in [9.17, 15) is 22.8 Å². The highest BCUT2D eigenvalue weighted by molar-refractivity contribution is 6.31. The van der Waals surface area contributed by atoms with E-state index in [1.165, 1.54) is 12.1 Å². The predicted molar refractivity (Wildman–Crippen MR) is 84.7 cm³/mol. The summed E-state index contributed by atoms with van der Waals surface area (Å²) in [6.45, 7) is 0.172. The van der Waals surface area contributed by atoms with Gasteiger partial charge in [0.25, 0.3) is 0 Å². The zero-order valence-corrected chi connectivity index (χ0v) is 13.2. The molecule has 2 amide bonds. The molecule has 1 aliphatic heterocycles. The maximum Gasteiger partial charge on any atom is 0.417 e. The summed E-state index contributed by atoms with van der Waals surface area (Å²) < 4.78 is 43.3. The number of cyclic esters (lactones) is 1. The molecule has 3 rings (SSSR count). The van der Waals surface area contributed by atoms with Gasteiger partial charge in [0.2, 0.25) is 0 Å². The first-order valence-corrected chi connectivity index (χ1v) is 7.36. The molecule has 1 heterocycles. The van der Waals surface area contributed by atoms with Crippen LogP contribution in [0.15, 0.2) is 36.4 Å². The maximum absolute atomic E-state index is 12.8. The lowest BCUT2D eigenvalue weighted by Crippen LogP contribution is -2.20. The third kappa shape index (κ3) is 3.69. The lowest BCUT2D eigenvalue weighted by atomic mass is 10.1. The van der Waals surface area contributed by atoms with E-state index in [2.05, 4.69) is 10.6 Å². The second-order valence-electron chi connectivity index (χ2n) is 5.22. The fourth-order valence-electron chi connectivity index (χ4n) is 2.30. The summed E-state index contributed by atoms with van der Waals surface area (Å²) >= 11 is 5.52. The molecule has 0 saturated heterocycles. The Morgan fingerprint density at radius 3 is 2.40 bits per heavy atom. The third-order valence-corrected chi connectivity index (χ3v) is 3.81. The molecule has 0 saturated carbocycles. The number of anilines is 2. The van der Waals surface area contributed by atoms with Gasteiger partial charge in [0.05, 0.1) is 16.1 Å². The molecule has 25 heavy (non-hydrogen) atoms. The number of rotatable bonds is 2. The molecule has 2 aromatic carbocycles. The molecular formula is C16H10ClF3N2O3. The summed E-state index contributed by atoms with van der Waals surface area (Å²) in [7, 11) is 0. The Labute approximate surface area is 144 Å². The fraction of sp³-hybridized carbons (Fsp3) is 0.125. The van der Waals surface area contributed by atoms with Crippen molar-refractivity contribution in [1.82, 2.24) is 0 Å². The molecule has 9 heteroatoms. The van der Waals surface area contributed by atoms with E-state index in [-0.39, 0.29) is 12.3 Å². The molecule has 2 N–H and O–H groups in total. The molecule has 0 bridgehead atoms. The summed E-state index contributed by atoms with van der Waals surface area (Å²) in [5, 5.41) is 4.26. The molecule has 0 fully saturated rings. The van der Waals surface area contributed by atoms with Gasteiger partial charge in [-0.05, 0) is 30.3 Å². The van der Waals surface area contributed by atoms with Crippen molar-refractivity contribution in [2.45, 2.75) is 12.8 Å². The summed E-state index contributed by atoms with van der Waals surface area (Å²) in [6, 6.07) is 6.89. The highest BCUT2D eigenvalue weighted by Crippen LogP contribution is 2.36. The minimum Gasteiger partial charge on any atom is -0.457 e. The third-order valence-electron chi connectivity index (χ3n) is 3.48. The van der Waals surface area contributed by atoms with Gasteiger partial charge in [0.15, 0.2) is 0 Å². The molecule has 0 radical (unpaired) electrons. The van der Waals surface area contributed by atoms with Crippen LogP contribution in [0.5, 0.6) is 0 Å². The van der Waals surface area contributed by atoms with Gasteiger partial charge in [-0.15, -0.1) is 0 Å². The quantitative estimate of drug-likeness (QED) is 0.755. The molecule has 0 spiro atoms. The van der Waals surface area contributed by atoms with Gasteiger partial charge >= 0.3 is 18.2 Å². The van der Waals surface area contributed by atoms with E-state index in [1.807, 2.05) is 0 Å². The standard InChI is InChI=1S/C16H10ClF3N2O3/c17-13-4-3-10(6-12(13)16(18,19)20)22-15(24)21-9-2-1-8-7-25-14(23)11(8)5-9/h1-6H,7H2,(H2,21,22,24). The number of fused-ring (bicyclic) bond motifs is 1. The van der Waals surface area contributed by atoms with E-state index >= 15 is 0 Å². The number of ether oxygens (including phenoxy) is 1. The van der Waals surface area contributed by atoms with E-state index in [0.717, 1.165) is 12.1 Å². The number of alkyl halides is 3. The van der Waals surface area contributed by atoms with Crippen molar-refractivity contribution in [1.29, 1.82) is 0 Å². The molecule has 5 nitrogen and oxygen atoms in total. The number of esters is 1. The summed E-state index contributed by atoms with van der Waals surface area (Å²) in [5.41, 5.74) is 0.217. The largest absolute Gasteiger partial charge is 0.457 e. The molecule has 0 atom stereocenters. The number of urea groups is 1. The Balaban J connectivity index is 1.73. The maximum atomic E-state index is 12.8. The summed E-state index contributed by atoms with van der Waals surface area (Å²) in [5.74, 6) is -0.494. The Bertz CT molecular complexity index is 868. The van der Waals surface area contributed by atoms with Crippen molar-refractivity contribution in [2.75, 3.05) is 10.6 Å². The van der Waals surface area contributed by atoms with Crippen LogP contribution in [0, 0.1) is 0 Å². The van der Waals surface area contributed by atoms with Crippen molar-refractivity contribution in [3.05, 3.63) is 58.1 Å². The summed E-state index contributed by atoms with van der Waals surface area (Å²) in [4.78, 5) is 23.4. The number of hydrogen-bond acceptors (Lipinski definition) is 3. The topological polar surface area (TPSA) is 67.4 Å². The molecule has 0 aromatic heterocycles. The molecule has 130 valence electrons. The average molecular weight is 371 g/mol. The number of amides is 2. The lowest BCUT2D eigenvalue weighted by Gasteiger charge is -2.12. The Kier molecular flexibility index (Phi) is 4.30. The van der Waals surface area contributed by atoms with Crippen LogP contribution in [0.4, 0.5) is 29.3 Å². The van der Waals surface area contributed by atoms with Crippen LogP contribution < -0.4 is 10.6 Å². The minimum atomic E-state index is -4.63. The SMILES string of the molecule is O=C(Nc1ccc2c(c1)C(=O)OC2)Nc1ccc(Cl)c(C(F)(F)F)c1. The van der Waals surface area contributed by atoms with Gasteiger partial charge in [-0.1, -0.05) is 17.7 Å². The number of hydrogen-bond donors (Lipinski definition) is 2. The van der Waals surface area contributed by atoms with Crippen molar-refractivity contribution in [3.63, 3.8) is 0 Å². The van der Waals surface area contributed by atoms with Gasteiger partial charge in [-0.3, -0.25) is 0 Å². The van der Waals surface area contributed by atoms with E-state index in [1.54, 1.807) is 12.1 Å². The second kappa shape index (κ2) is 6.29. The van der Waals surface area contributed by atoms with Crippen LogP contribution in [0.3, 0.4) is 0 Å². The zero-order chi connectivity index (χ0) is 18.2. The lowest BCUT2D eigenvalue weighted by molar-refractivity contribution is -0.137. The number of carbonyl (C=O) groups excluding carboxylic acids is 2. The molecule has 1 aliphatic rings. The molecule has 0 unspecified atom stereocenters. The average Bonchev–Trinajstić information content (AvgIpc) is 2.89. The van der Waals surface area contributed by atoms with Crippen molar-refractivity contribution >= 4 is 35.0 Å². The monoisotopic (exact) mass is 370 g/mol. The van der Waals surface area contributed by atoms with E-state index in [4.69, 9.17) is 16.3 Å². The first-order valence-electron chi connectivity index (χ1n) is 6.99. The van der Waals surface area contributed by atoms with Gasteiger partial charge in [-0.25, -0.2) is 9.59 Å². The number of nitrogens with one attached hydrogen (secondary N) is 2. The number of benzene rings is 2. The Morgan fingerprint density at radius 2 is 1.72 bits per heavy atom. The first-order chi connectivity index (χ1) is 11.7. The normalized spacial score (nSPS) is 13.2. The van der Waals surface area contributed by atoms with Gasteiger partial charge in [-0.2, -0.15) is 13.2 Å². The van der Waals surface area contributed by atoms with Crippen molar-refractivity contribution < 1.29 is 27.5 Å². The molecular weight excluding hydrogens is 361 g/mol. The zero-order valence-electron chi connectivity index (χ0n) is 12.4. The highest BCUT2D eigenvalue weighted by Gasteiger charge is 2.33. The van der Waals surface area contributed by atoms with Crippen LogP contribution >= 0.6 is 11.6 Å². The highest BCUT2D eigenvalue weighted by atomic mass is 35.5. The van der Waals surface area contributed by atoms with Gasteiger partial charge < -0.3 is 15.4 Å². The predicted octanol–water partition coefficient (Wildman–Crippen LogP) is 4.67. The van der Waals surface area contributed by atoms with Crippen molar-refractivity contribution in [2.24, 2.45) is 0 Å². The van der Waals surface area contributed by atoms with Gasteiger partial charge in [0, 0.05) is 16.9 Å². The minimum absolute atomic E-state index is 0.0743. The van der Waals surface area contributed by atoms with Crippen LogP contribution in [-0.4, -0.2) is 12.0 Å². The van der Waals surface area contributed by atoms with Crippen LogP contribution in [-0.2, 0) is 17.5 Å². The van der Waals surface area contributed by atoms with Gasteiger partial charge in [0.1, 0.15) is 6.61 Å². The smallest absolute Gasteiger partial charge is 0.417 e. The number of halogens is 4. The summed E-state index contributed by atoms with van der Waals surface area (Å²) in [6.07, 6.45) is -4.63. The van der Waals surface area contributed by atoms with Crippen molar-refractivity contribution in [3.8, 4) is 0 Å². The molecule has 2 aromatic rings. The Hall–Kier alpha value is -2.74. The second-order valence-corrected chi connectivity index (χ2v) is 5.63. The van der Waals surface area contributed by atoms with E-state index < -0.39 is 28.8 Å². The van der Waals surface area contributed by atoms with Crippen LogP contribution in [0.25, 0.3) is 0 Å². The molecule has 0 aliphatic carbocycles. The van der Waals surface area contributed by atoms with E-state index in [0.29, 0.717) is 16.8 Å². The van der Waals surface area contributed by atoms with Crippen LogP contribution in [0.1, 0.15) is 21.5 Å².